The summed E-state index contributed by atoms with van der Waals surface area (Å²) < 4.78 is 0. The van der Waals surface area contributed by atoms with Crippen LogP contribution in [-0.2, 0) is 4.79 Å². The number of anilines is 1. The fraction of sp³-hybridized carbons (Fsp3) is 0.583. The molecule has 3 rings (SSSR count). The summed E-state index contributed by atoms with van der Waals surface area (Å²) in [5.41, 5.74) is -0.0106. The molecule has 2 fully saturated rings. The highest BCUT2D eigenvalue weighted by Crippen LogP contribution is 2.52. The van der Waals surface area contributed by atoms with E-state index in [0.717, 1.165) is 31.6 Å². The normalized spacial score (nSPS) is 25.9. The Morgan fingerprint density at radius 3 is 2.76 bits per heavy atom. The van der Waals surface area contributed by atoms with Crippen molar-refractivity contribution >= 4 is 11.8 Å². The van der Waals surface area contributed by atoms with Gasteiger partial charge in [0.2, 0.25) is 0 Å². The van der Waals surface area contributed by atoms with Crippen molar-refractivity contribution in [3.05, 3.63) is 18.6 Å². The lowest BCUT2D eigenvalue weighted by atomic mass is 9.63. The number of hydrogen-bond acceptors (Lipinski definition) is 4. The van der Waals surface area contributed by atoms with E-state index in [0.29, 0.717) is 6.54 Å². The van der Waals surface area contributed by atoms with Crippen LogP contribution in [0.25, 0.3) is 0 Å². The van der Waals surface area contributed by atoms with Crippen LogP contribution >= 0.6 is 0 Å². The quantitative estimate of drug-likeness (QED) is 0.830. The lowest BCUT2D eigenvalue weighted by Gasteiger charge is -2.41. The van der Waals surface area contributed by atoms with Gasteiger partial charge in [0.05, 0.1) is 12.1 Å². The van der Waals surface area contributed by atoms with E-state index in [4.69, 9.17) is 0 Å². The van der Waals surface area contributed by atoms with Crippen molar-refractivity contribution in [2.24, 2.45) is 11.3 Å². The summed E-state index contributed by atoms with van der Waals surface area (Å²) in [6.45, 7) is 1.37. The van der Waals surface area contributed by atoms with Crippen molar-refractivity contribution in [3.8, 4) is 0 Å². The maximum absolute atomic E-state index is 11.3. The first kappa shape index (κ1) is 10.5. The van der Waals surface area contributed by atoms with Gasteiger partial charge in [-0.1, -0.05) is 6.42 Å². The van der Waals surface area contributed by atoms with Gasteiger partial charge in [-0.05, 0) is 12.8 Å². The lowest BCUT2D eigenvalue weighted by molar-refractivity contribution is -0.146. The third-order valence-corrected chi connectivity index (χ3v) is 4.17. The molecule has 0 amide bonds. The molecular weight excluding hydrogens is 218 g/mol. The van der Waals surface area contributed by atoms with Crippen LogP contribution in [0.3, 0.4) is 0 Å². The Balaban J connectivity index is 1.85. The van der Waals surface area contributed by atoms with Gasteiger partial charge in [0.15, 0.2) is 0 Å². The van der Waals surface area contributed by atoms with Crippen molar-refractivity contribution in [3.63, 3.8) is 0 Å². The van der Waals surface area contributed by atoms with Gasteiger partial charge in [-0.3, -0.25) is 9.78 Å². The molecule has 2 heterocycles. The number of aliphatic carboxylic acids is 1. The predicted octanol–water partition coefficient (Wildman–Crippen LogP) is 1.17. The van der Waals surface area contributed by atoms with E-state index in [1.807, 2.05) is 0 Å². The molecule has 0 bridgehead atoms. The summed E-state index contributed by atoms with van der Waals surface area (Å²) in [6, 6.07) is 0. The smallest absolute Gasteiger partial charge is 0.308 e. The van der Waals surface area contributed by atoms with Crippen LogP contribution in [0.2, 0.25) is 0 Å². The summed E-state index contributed by atoms with van der Waals surface area (Å²) in [6.07, 6.45) is 8.19. The molecule has 1 spiro atoms. The van der Waals surface area contributed by atoms with E-state index in [1.165, 1.54) is 0 Å². The average molecular weight is 233 g/mol. The molecule has 5 nitrogen and oxygen atoms in total. The van der Waals surface area contributed by atoms with Crippen LogP contribution < -0.4 is 4.90 Å². The molecule has 1 aliphatic carbocycles. The molecule has 1 N–H and O–H groups in total. The summed E-state index contributed by atoms with van der Waals surface area (Å²) in [4.78, 5) is 21.7. The molecule has 1 atom stereocenters. The summed E-state index contributed by atoms with van der Waals surface area (Å²) in [5.74, 6) is -0.128. The Morgan fingerprint density at radius 1 is 1.47 bits per heavy atom. The number of hydrogen-bond donors (Lipinski definition) is 1. The second-order valence-electron chi connectivity index (χ2n) is 5.05. The highest BCUT2D eigenvalue weighted by Gasteiger charge is 2.53. The summed E-state index contributed by atoms with van der Waals surface area (Å²) >= 11 is 0. The standard InChI is InChI=1S/C12H15N3O2/c16-11(17)9-7-15(8-12(9)2-1-3-12)10-6-13-4-5-14-10/h4-6,9H,1-3,7-8H2,(H,16,17). The van der Waals surface area contributed by atoms with E-state index in [-0.39, 0.29) is 11.3 Å². The first-order valence-electron chi connectivity index (χ1n) is 5.95. The van der Waals surface area contributed by atoms with E-state index in [2.05, 4.69) is 14.9 Å². The molecule has 1 unspecified atom stereocenters. The first-order chi connectivity index (χ1) is 8.21. The van der Waals surface area contributed by atoms with Crippen molar-refractivity contribution in [1.29, 1.82) is 0 Å². The number of rotatable bonds is 2. The fourth-order valence-corrected chi connectivity index (χ4v) is 3.08. The molecule has 90 valence electrons. The minimum atomic E-state index is -0.670. The molecule has 0 radical (unpaired) electrons. The fourth-order valence-electron chi connectivity index (χ4n) is 3.08. The second-order valence-corrected chi connectivity index (χ2v) is 5.05. The molecular formula is C12H15N3O2. The molecule has 2 aliphatic rings. The largest absolute Gasteiger partial charge is 0.481 e. The van der Waals surface area contributed by atoms with Gasteiger partial charge < -0.3 is 10.0 Å². The Kier molecular flexibility index (Phi) is 2.28. The van der Waals surface area contributed by atoms with Crippen LogP contribution in [0.1, 0.15) is 19.3 Å². The molecule has 1 aliphatic heterocycles. The molecule has 5 heteroatoms. The minimum Gasteiger partial charge on any atom is -0.481 e. The Bertz CT molecular complexity index is 431. The Morgan fingerprint density at radius 2 is 2.29 bits per heavy atom. The van der Waals surface area contributed by atoms with Gasteiger partial charge in [-0.15, -0.1) is 0 Å². The molecule has 0 aromatic carbocycles. The molecule has 1 saturated carbocycles. The SMILES string of the molecule is O=C(O)C1CN(c2cnccn2)CC12CCC2. The zero-order valence-corrected chi connectivity index (χ0v) is 9.54. The first-order valence-corrected chi connectivity index (χ1v) is 5.95. The van der Waals surface area contributed by atoms with E-state index in [9.17, 15) is 9.90 Å². The number of carbonyl (C=O) groups is 1. The Labute approximate surface area is 99.5 Å². The third-order valence-electron chi connectivity index (χ3n) is 4.17. The van der Waals surface area contributed by atoms with E-state index in [1.54, 1.807) is 18.6 Å². The summed E-state index contributed by atoms with van der Waals surface area (Å²) in [7, 11) is 0. The number of aromatic nitrogens is 2. The van der Waals surface area contributed by atoms with Crippen LogP contribution in [0, 0.1) is 11.3 Å². The number of nitrogens with zero attached hydrogens (tertiary/aromatic N) is 3. The van der Waals surface area contributed by atoms with Gasteiger partial charge in [-0.25, -0.2) is 4.98 Å². The van der Waals surface area contributed by atoms with Crippen molar-refractivity contribution < 1.29 is 9.90 Å². The van der Waals surface area contributed by atoms with Crippen molar-refractivity contribution in [2.45, 2.75) is 19.3 Å². The highest BCUT2D eigenvalue weighted by molar-refractivity contribution is 5.73. The van der Waals surface area contributed by atoms with Crippen LogP contribution in [0.5, 0.6) is 0 Å². The zero-order chi connectivity index (χ0) is 11.9. The van der Waals surface area contributed by atoms with E-state index < -0.39 is 5.97 Å². The van der Waals surface area contributed by atoms with Gasteiger partial charge in [0.1, 0.15) is 5.82 Å². The predicted molar refractivity (Wildman–Crippen MR) is 61.7 cm³/mol. The maximum Gasteiger partial charge on any atom is 0.308 e. The number of carboxylic acids is 1. The Hall–Kier alpha value is -1.65. The van der Waals surface area contributed by atoms with Crippen LogP contribution in [0.4, 0.5) is 5.82 Å². The van der Waals surface area contributed by atoms with Crippen molar-refractivity contribution in [1.82, 2.24) is 9.97 Å². The molecule has 1 aromatic rings. The van der Waals surface area contributed by atoms with Gasteiger partial charge in [0.25, 0.3) is 0 Å². The third kappa shape index (κ3) is 1.57. The molecule has 1 saturated heterocycles. The minimum absolute atomic E-state index is 0.0106. The molecule has 17 heavy (non-hydrogen) atoms. The molecule has 1 aromatic heterocycles. The monoisotopic (exact) mass is 233 g/mol. The van der Waals surface area contributed by atoms with Crippen LogP contribution in [0.15, 0.2) is 18.6 Å². The summed E-state index contributed by atoms with van der Waals surface area (Å²) in [5, 5.41) is 9.32. The van der Waals surface area contributed by atoms with Gasteiger partial charge in [0, 0.05) is 30.9 Å². The average Bonchev–Trinajstić information content (AvgIpc) is 2.70. The zero-order valence-electron chi connectivity index (χ0n) is 9.54. The van der Waals surface area contributed by atoms with Crippen LogP contribution in [-0.4, -0.2) is 34.1 Å². The highest BCUT2D eigenvalue weighted by atomic mass is 16.4. The maximum atomic E-state index is 11.3. The number of carboxylic acid groups (broad SMARTS) is 1. The lowest BCUT2D eigenvalue weighted by Crippen LogP contribution is -2.40. The van der Waals surface area contributed by atoms with Gasteiger partial charge in [-0.2, -0.15) is 0 Å². The van der Waals surface area contributed by atoms with E-state index >= 15 is 0 Å². The topological polar surface area (TPSA) is 66.3 Å². The second kappa shape index (κ2) is 3.68. The van der Waals surface area contributed by atoms with Crippen molar-refractivity contribution in [2.75, 3.05) is 18.0 Å². The van der Waals surface area contributed by atoms with Gasteiger partial charge >= 0.3 is 5.97 Å².